The molecule has 0 radical (unpaired) electrons. The van der Waals surface area contributed by atoms with E-state index in [2.05, 4.69) is 5.32 Å². The molecular formula is C13H10Cl2N2O2. The van der Waals surface area contributed by atoms with Crippen LogP contribution in [0.5, 0.6) is 0 Å². The number of aromatic carboxylic acids is 1. The number of nitrogen functional groups attached to an aromatic ring is 1. The highest BCUT2D eigenvalue weighted by molar-refractivity contribution is 6.35. The molecule has 2 aromatic rings. The van der Waals surface area contributed by atoms with Crippen LogP contribution in [0.15, 0.2) is 36.4 Å². The normalized spacial score (nSPS) is 10.2. The molecule has 0 aliphatic heterocycles. The molecule has 98 valence electrons. The van der Waals surface area contributed by atoms with E-state index >= 15 is 0 Å². The number of hydrogen-bond donors (Lipinski definition) is 3. The third kappa shape index (κ3) is 3.10. The molecule has 0 aliphatic rings. The van der Waals surface area contributed by atoms with Gasteiger partial charge in [-0.2, -0.15) is 0 Å². The van der Waals surface area contributed by atoms with Crippen molar-refractivity contribution in [1.29, 1.82) is 0 Å². The highest BCUT2D eigenvalue weighted by Crippen LogP contribution is 2.29. The summed E-state index contributed by atoms with van der Waals surface area (Å²) in [6.07, 6.45) is 0. The van der Waals surface area contributed by atoms with Gasteiger partial charge in [-0.1, -0.05) is 29.3 Å². The number of carboxylic acid groups (broad SMARTS) is 1. The number of carbonyl (C=O) groups is 1. The fourth-order valence-electron chi connectivity index (χ4n) is 1.64. The van der Waals surface area contributed by atoms with Crippen LogP contribution in [-0.2, 0) is 0 Å². The average molecular weight is 297 g/mol. The van der Waals surface area contributed by atoms with Crippen LogP contribution in [0.2, 0.25) is 10.0 Å². The van der Waals surface area contributed by atoms with E-state index < -0.39 is 5.97 Å². The first-order chi connectivity index (χ1) is 8.97. The van der Waals surface area contributed by atoms with Gasteiger partial charge in [0.25, 0.3) is 0 Å². The molecule has 19 heavy (non-hydrogen) atoms. The highest BCUT2D eigenvalue weighted by atomic mass is 35.5. The minimum absolute atomic E-state index is 0.0399. The van der Waals surface area contributed by atoms with Gasteiger partial charge >= 0.3 is 5.97 Å². The van der Waals surface area contributed by atoms with E-state index in [1.807, 2.05) is 0 Å². The summed E-state index contributed by atoms with van der Waals surface area (Å²) >= 11 is 11.8. The monoisotopic (exact) mass is 296 g/mol. The largest absolute Gasteiger partial charge is 0.478 e. The molecule has 4 nitrogen and oxygen atoms in total. The second-order valence-electron chi connectivity index (χ2n) is 3.86. The van der Waals surface area contributed by atoms with Crippen molar-refractivity contribution < 1.29 is 9.90 Å². The number of rotatable bonds is 3. The van der Waals surface area contributed by atoms with Crippen LogP contribution in [0.25, 0.3) is 0 Å². The Morgan fingerprint density at radius 3 is 2.37 bits per heavy atom. The Morgan fingerprint density at radius 2 is 1.79 bits per heavy atom. The summed E-state index contributed by atoms with van der Waals surface area (Å²) in [6, 6.07) is 9.66. The quantitative estimate of drug-likeness (QED) is 0.748. The summed E-state index contributed by atoms with van der Waals surface area (Å²) in [6.45, 7) is 0. The molecule has 2 aromatic carbocycles. The van der Waals surface area contributed by atoms with Crippen LogP contribution in [-0.4, -0.2) is 11.1 Å². The summed E-state index contributed by atoms with van der Waals surface area (Å²) in [5, 5.41) is 12.9. The van der Waals surface area contributed by atoms with Crippen molar-refractivity contribution in [2.75, 3.05) is 11.1 Å². The molecule has 0 bridgehead atoms. The third-order valence-corrected chi connectivity index (χ3v) is 2.91. The van der Waals surface area contributed by atoms with Gasteiger partial charge in [0.1, 0.15) is 0 Å². The van der Waals surface area contributed by atoms with Gasteiger partial charge in [-0.25, -0.2) is 4.79 Å². The molecule has 0 amide bonds. The molecule has 0 heterocycles. The molecule has 0 fully saturated rings. The van der Waals surface area contributed by atoms with Crippen molar-refractivity contribution in [2.24, 2.45) is 0 Å². The van der Waals surface area contributed by atoms with Crippen molar-refractivity contribution in [3.63, 3.8) is 0 Å². The summed E-state index contributed by atoms with van der Waals surface area (Å²) in [4.78, 5) is 11.0. The minimum Gasteiger partial charge on any atom is -0.478 e. The molecule has 0 spiro atoms. The zero-order chi connectivity index (χ0) is 14.0. The summed E-state index contributed by atoms with van der Waals surface area (Å²) in [5.74, 6) is -1.08. The molecular weight excluding hydrogens is 287 g/mol. The lowest BCUT2D eigenvalue weighted by Gasteiger charge is -2.11. The van der Waals surface area contributed by atoms with Gasteiger partial charge in [-0.3, -0.25) is 0 Å². The Kier molecular flexibility index (Phi) is 3.83. The molecule has 4 N–H and O–H groups in total. The van der Waals surface area contributed by atoms with Crippen LogP contribution < -0.4 is 11.1 Å². The number of hydrogen-bond acceptors (Lipinski definition) is 3. The molecule has 0 unspecified atom stereocenters. The SMILES string of the molecule is Nc1c(Nc2cc(Cl)cc(Cl)c2)cccc1C(=O)O. The smallest absolute Gasteiger partial charge is 0.337 e. The lowest BCUT2D eigenvalue weighted by Crippen LogP contribution is -2.05. The fraction of sp³-hybridized carbons (Fsp3) is 0. The van der Waals surface area contributed by atoms with Gasteiger partial charge in [0.05, 0.1) is 16.9 Å². The Morgan fingerprint density at radius 1 is 1.16 bits per heavy atom. The molecule has 0 aliphatic carbocycles. The molecule has 0 saturated heterocycles. The molecule has 2 rings (SSSR count). The Hall–Kier alpha value is -1.91. The number of anilines is 3. The topological polar surface area (TPSA) is 75.3 Å². The van der Waals surface area contributed by atoms with Gasteiger partial charge < -0.3 is 16.2 Å². The Labute approximate surface area is 119 Å². The maximum Gasteiger partial charge on any atom is 0.337 e. The van der Waals surface area contributed by atoms with Gasteiger partial charge in [0, 0.05) is 15.7 Å². The van der Waals surface area contributed by atoms with Crippen molar-refractivity contribution in [3.8, 4) is 0 Å². The lowest BCUT2D eigenvalue weighted by molar-refractivity contribution is 0.0698. The van der Waals surface area contributed by atoms with Gasteiger partial charge in [0.2, 0.25) is 0 Å². The molecule has 6 heteroatoms. The number of halogens is 2. The van der Waals surface area contributed by atoms with Gasteiger partial charge in [-0.05, 0) is 30.3 Å². The molecule has 0 atom stereocenters. The van der Waals surface area contributed by atoms with E-state index in [1.165, 1.54) is 6.07 Å². The lowest BCUT2D eigenvalue weighted by atomic mass is 10.1. The van der Waals surface area contributed by atoms with E-state index in [4.69, 9.17) is 34.0 Å². The van der Waals surface area contributed by atoms with Crippen molar-refractivity contribution >= 4 is 46.2 Å². The van der Waals surface area contributed by atoms with Crippen molar-refractivity contribution in [1.82, 2.24) is 0 Å². The van der Waals surface area contributed by atoms with E-state index in [0.29, 0.717) is 21.4 Å². The van der Waals surface area contributed by atoms with Gasteiger partial charge in [-0.15, -0.1) is 0 Å². The van der Waals surface area contributed by atoms with Crippen molar-refractivity contribution in [3.05, 3.63) is 52.0 Å². The average Bonchev–Trinajstić information content (AvgIpc) is 2.30. The second-order valence-corrected chi connectivity index (χ2v) is 4.73. The number of benzene rings is 2. The fourth-order valence-corrected chi connectivity index (χ4v) is 2.17. The summed E-state index contributed by atoms with van der Waals surface area (Å²) in [5.41, 5.74) is 7.11. The van der Waals surface area contributed by atoms with Crippen molar-refractivity contribution in [2.45, 2.75) is 0 Å². The van der Waals surface area contributed by atoms with Crippen LogP contribution >= 0.6 is 23.2 Å². The predicted molar refractivity (Wildman–Crippen MR) is 77.6 cm³/mol. The Balaban J connectivity index is 2.38. The first-order valence-electron chi connectivity index (χ1n) is 5.32. The van der Waals surface area contributed by atoms with E-state index in [-0.39, 0.29) is 11.3 Å². The molecule has 0 saturated carbocycles. The van der Waals surface area contributed by atoms with E-state index in [0.717, 1.165) is 0 Å². The maximum absolute atomic E-state index is 11.0. The standard InChI is InChI=1S/C13H10Cl2N2O2/c14-7-4-8(15)6-9(5-7)17-11-3-1-2-10(12(11)16)13(18)19/h1-6,17H,16H2,(H,18,19). The predicted octanol–water partition coefficient (Wildman–Crippen LogP) is 4.02. The summed E-state index contributed by atoms with van der Waals surface area (Å²) in [7, 11) is 0. The third-order valence-electron chi connectivity index (χ3n) is 2.48. The first kappa shape index (κ1) is 13.5. The van der Waals surface area contributed by atoms with Gasteiger partial charge in [0.15, 0.2) is 0 Å². The number of carboxylic acids is 1. The first-order valence-corrected chi connectivity index (χ1v) is 6.08. The zero-order valence-corrected chi connectivity index (χ0v) is 11.2. The van der Waals surface area contributed by atoms with Crippen LogP contribution in [0, 0.1) is 0 Å². The number of nitrogens with two attached hydrogens (primary N) is 1. The van der Waals surface area contributed by atoms with Crippen LogP contribution in [0.1, 0.15) is 10.4 Å². The van der Waals surface area contributed by atoms with E-state index in [1.54, 1.807) is 30.3 Å². The zero-order valence-electron chi connectivity index (χ0n) is 9.65. The maximum atomic E-state index is 11.0. The van der Waals surface area contributed by atoms with E-state index in [9.17, 15) is 4.79 Å². The Bertz CT molecular complexity index is 624. The molecule has 0 aromatic heterocycles. The summed E-state index contributed by atoms with van der Waals surface area (Å²) < 4.78 is 0. The highest BCUT2D eigenvalue weighted by Gasteiger charge is 2.11. The number of nitrogens with one attached hydrogen (secondary N) is 1. The minimum atomic E-state index is -1.08. The second kappa shape index (κ2) is 5.38. The van der Waals surface area contributed by atoms with Crippen LogP contribution in [0.3, 0.4) is 0 Å². The van der Waals surface area contributed by atoms with Crippen LogP contribution in [0.4, 0.5) is 17.1 Å². The number of para-hydroxylation sites is 1.